The summed E-state index contributed by atoms with van der Waals surface area (Å²) in [6.07, 6.45) is 0. The molecule has 0 fully saturated rings. The van der Waals surface area contributed by atoms with E-state index in [0.717, 1.165) is 16.0 Å². The monoisotopic (exact) mass is 461 g/mol. The number of carbonyl (C=O) groups is 3. The van der Waals surface area contributed by atoms with E-state index in [0.29, 0.717) is 22.6 Å². The summed E-state index contributed by atoms with van der Waals surface area (Å²) in [6, 6.07) is 17.9. The first-order valence-corrected chi connectivity index (χ1v) is 10.5. The van der Waals surface area contributed by atoms with Crippen molar-refractivity contribution in [3.8, 4) is 5.75 Å². The van der Waals surface area contributed by atoms with E-state index >= 15 is 0 Å². The second-order valence-corrected chi connectivity index (χ2v) is 8.01. The number of carbonyl (C=O) groups excluding carboxylic acids is 3. The fourth-order valence-electron chi connectivity index (χ4n) is 3.52. The van der Waals surface area contributed by atoms with Crippen LogP contribution in [-0.2, 0) is 9.59 Å². The number of nitrogens with zero attached hydrogens (tertiary/aromatic N) is 1. The summed E-state index contributed by atoms with van der Waals surface area (Å²) < 4.78 is 0. The lowest BCUT2D eigenvalue weighted by Crippen LogP contribution is -2.32. The molecule has 0 saturated heterocycles. The van der Waals surface area contributed by atoms with Crippen LogP contribution in [0.25, 0.3) is 0 Å². The maximum Gasteiger partial charge on any atom is 0.283 e. The number of imide groups is 1. The minimum absolute atomic E-state index is 0.0577. The quantitative estimate of drug-likeness (QED) is 0.378. The summed E-state index contributed by atoms with van der Waals surface area (Å²) in [5.41, 5.74) is 3.45. The van der Waals surface area contributed by atoms with Crippen molar-refractivity contribution >= 4 is 46.4 Å². The number of amides is 3. The van der Waals surface area contributed by atoms with Crippen LogP contribution in [0.2, 0.25) is 0 Å². The molecular weight excluding hydrogens is 442 g/mol. The summed E-state index contributed by atoms with van der Waals surface area (Å²) >= 11 is 6.23. The SMILES string of the molecule is Cc1ccc(N2C(=O)C(Cl)=C(Nc3cccc(C(=O)Nc4ccc(O)cc4)c3)C2=O)c(C)c1. The Morgan fingerprint density at radius 1 is 0.909 bits per heavy atom. The highest BCUT2D eigenvalue weighted by atomic mass is 35.5. The first kappa shape index (κ1) is 22.1. The molecule has 0 unspecified atom stereocenters. The average Bonchev–Trinajstić information content (AvgIpc) is 2.99. The summed E-state index contributed by atoms with van der Waals surface area (Å²) in [7, 11) is 0. The normalized spacial score (nSPS) is 13.5. The lowest BCUT2D eigenvalue weighted by atomic mass is 10.1. The van der Waals surface area contributed by atoms with Gasteiger partial charge in [-0.15, -0.1) is 0 Å². The topological polar surface area (TPSA) is 98.7 Å². The Kier molecular flexibility index (Phi) is 5.89. The van der Waals surface area contributed by atoms with Crippen molar-refractivity contribution in [3.05, 3.63) is 94.1 Å². The molecule has 3 N–H and O–H groups in total. The van der Waals surface area contributed by atoms with Gasteiger partial charge in [0.05, 0.1) is 5.69 Å². The smallest absolute Gasteiger partial charge is 0.283 e. The van der Waals surface area contributed by atoms with Gasteiger partial charge >= 0.3 is 0 Å². The molecule has 3 amide bonds. The molecule has 0 aromatic heterocycles. The third-order valence-electron chi connectivity index (χ3n) is 5.14. The van der Waals surface area contributed by atoms with Crippen molar-refractivity contribution in [1.82, 2.24) is 0 Å². The van der Waals surface area contributed by atoms with Gasteiger partial charge in [0, 0.05) is 16.9 Å². The summed E-state index contributed by atoms with van der Waals surface area (Å²) in [6.45, 7) is 3.74. The number of aromatic hydroxyl groups is 1. The molecule has 4 rings (SSSR count). The van der Waals surface area contributed by atoms with Gasteiger partial charge < -0.3 is 15.7 Å². The molecule has 0 saturated carbocycles. The van der Waals surface area contributed by atoms with Crippen LogP contribution >= 0.6 is 11.6 Å². The van der Waals surface area contributed by atoms with Gasteiger partial charge in [-0.05, 0) is 67.9 Å². The Morgan fingerprint density at radius 2 is 1.64 bits per heavy atom. The molecule has 33 heavy (non-hydrogen) atoms. The molecule has 0 aliphatic carbocycles. The predicted molar refractivity (Wildman–Crippen MR) is 127 cm³/mol. The zero-order chi connectivity index (χ0) is 23.7. The van der Waals surface area contributed by atoms with E-state index in [1.54, 1.807) is 42.5 Å². The van der Waals surface area contributed by atoms with Crippen LogP contribution in [0.1, 0.15) is 21.5 Å². The van der Waals surface area contributed by atoms with Gasteiger partial charge in [0.2, 0.25) is 0 Å². The number of phenolic OH excluding ortho intramolecular Hbond substituents is 1. The second kappa shape index (κ2) is 8.80. The average molecular weight is 462 g/mol. The second-order valence-electron chi connectivity index (χ2n) is 7.63. The third kappa shape index (κ3) is 4.44. The molecule has 0 atom stereocenters. The fourth-order valence-corrected chi connectivity index (χ4v) is 3.73. The largest absolute Gasteiger partial charge is 0.508 e. The molecule has 166 valence electrons. The van der Waals surface area contributed by atoms with E-state index in [2.05, 4.69) is 10.6 Å². The van der Waals surface area contributed by atoms with Crippen LogP contribution in [0.5, 0.6) is 5.75 Å². The molecule has 1 heterocycles. The maximum atomic E-state index is 13.1. The number of benzene rings is 3. The highest BCUT2D eigenvalue weighted by Gasteiger charge is 2.39. The molecule has 0 spiro atoms. The minimum Gasteiger partial charge on any atom is -0.508 e. The maximum absolute atomic E-state index is 13.1. The van der Waals surface area contributed by atoms with Gasteiger partial charge in [0.25, 0.3) is 17.7 Å². The van der Waals surface area contributed by atoms with Crippen LogP contribution in [0.15, 0.2) is 77.5 Å². The van der Waals surface area contributed by atoms with E-state index in [9.17, 15) is 19.5 Å². The number of aryl methyl sites for hydroxylation is 2. The molecule has 3 aromatic carbocycles. The van der Waals surface area contributed by atoms with Gasteiger partial charge in [0.1, 0.15) is 16.5 Å². The Labute approximate surface area is 195 Å². The van der Waals surface area contributed by atoms with Gasteiger partial charge in [-0.1, -0.05) is 35.4 Å². The van der Waals surface area contributed by atoms with E-state index in [1.807, 2.05) is 26.0 Å². The Bertz CT molecular complexity index is 1320. The first-order valence-electron chi connectivity index (χ1n) is 10.1. The van der Waals surface area contributed by atoms with Crippen LogP contribution in [0.4, 0.5) is 17.1 Å². The minimum atomic E-state index is -0.614. The Hall–Kier alpha value is -4.10. The number of hydrogen-bond acceptors (Lipinski definition) is 5. The van der Waals surface area contributed by atoms with Crippen molar-refractivity contribution < 1.29 is 19.5 Å². The van der Waals surface area contributed by atoms with Crippen molar-refractivity contribution in [1.29, 1.82) is 0 Å². The van der Waals surface area contributed by atoms with Crippen LogP contribution in [0, 0.1) is 13.8 Å². The Balaban J connectivity index is 1.55. The molecule has 8 heteroatoms. The Morgan fingerprint density at radius 3 is 2.33 bits per heavy atom. The molecule has 1 aliphatic rings. The van der Waals surface area contributed by atoms with E-state index < -0.39 is 11.8 Å². The molecule has 0 radical (unpaired) electrons. The van der Waals surface area contributed by atoms with Crippen LogP contribution < -0.4 is 15.5 Å². The van der Waals surface area contributed by atoms with E-state index in [1.165, 1.54) is 12.1 Å². The lowest BCUT2D eigenvalue weighted by Gasteiger charge is -2.18. The molecular formula is C25H20ClN3O4. The molecule has 0 bridgehead atoms. The number of nitrogens with one attached hydrogen (secondary N) is 2. The van der Waals surface area contributed by atoms with E-state index in [-0.39, 0.29) is 22.4 Å². The lowest BCUT2D eigenvalue weighted by molar-refractivity contribution is -0.120. The first-order chi connectivity index (χ1) is 15.7. The molecule has 7 nitrogen and oxygen atoms in total. The van der Waals surface area contributed by atoms with Crippen molar-refractivity contribution in [2.24, 2.45) is 0 Å². The number of anilines is 3. The molecule has 1 aliphatic heterocycles. The number of phenols is 1. The van der Waals surface area contributed by atoms with Gasteiger partial charge in [-0.25, -0.2) is 4.90 Å². The zero-order valence-corrected chi connectivity index (χ0v) is 18.6. The van der Waals surface area contributed by atoms with Gasteiger partial charge in [-0.2, -0.15) is 0 Å². The third-order valence-corrected chi connectivity index (χ3v) is 5.49. The standard InChI is InChI=1S/C25H20ClN3O4/c1-14-6-11-20(15(2)12-14)29-24(32)21(26)22(25(29)33)27-18-5-3-4-16(13-18)23(31)28-17-7-9-19(30)10-8-17/h3-13,27,30H,1-2H3,(H,28,31). The van der Waals surface area contributed by atoms with Crippen molar-refractivity contribution in [2.45, 2.75) is 13.8 Å². The van der Waals surface area contributed by atoms with Gasteiger partial charge in [0.15, 0.2) is 0 Å². The summed E-state index contributed by atoms with van der Waals surface area (Å²) in [5, 5.41) is 14.8. The van der Waals surface area contributed by atoms with E-state index in [4.69, 9.17) is 11.6 Å². The van der Waals surface area contributed by atoms with Crippen molar-refractivity contribution in [3.63, 3.8) is 0 Å². The predicted octanol–water partition coefficient (Wildman–Crippen LogP) is 4.70. The zero-order valence-electron chi connectivity index (χ0n) is 17.8. The number of rotatable bonds is 5. The highest BCUT2D eigenvalue weighted by Crippen LogP contribution is 2.32. The summed E-state index contributed by atoms with van der Waals surface area (Å²) in [4.78, 5) is 39.5. The van der Waals surface area contributed by atoms with Crippen molar-refractivity contribution in [2.75, 3.05) is 15.5 Å². The summed E-state index contributed by atoms with van der Waals surface area (Å²) in [5.74, 6) is -1.47. The number of halogens is 1. The fraction of sp³-hybridized carbons (Fsp3) is 0.0800. The van der Waals surface area contributed by atoms with Crippen LogP contribution in [0.3, 0.4) is 0 Å². The van der Waals surface area contributed by atoms with Gasteiger partial charge in [-0.3, -0.25) is 14.4 Å². The van der Waals surface area contributed by atoms with Crippen LogP contribution in [-0.4, -0.2) is 22.8 Å². The number of hydrogen-bond donors (Lipinski definition) is 3. The highest BCUT2D eigenvalue weighted by molar-refractivity contribution is 6.53. The molecule has 3 aromatic rings.